The first-order valence-corrected chi connectivity index (χ1v) is 7.02. The van der Waals surface area contributed by atoms with Gasteiger partial charge in [-0.2, -0.15) is 0 Å². The number of amides is 1. The molecule has 1 fully saturated rings. The van der Waals surface area contributed by atoms with Crippen LogP contribution in [0.5, 0.6) is 0 Å². The quantitative estimate of drug-likeness (QED) is 0.861. The normalized spacial score (nSPS) is 16.6. The molecule has 0 aliphatic heterocycles. The first kappa shape index (κ1) is 13.6. The minimum Gasteiger partial charge on any atom is -0.350 e. The Kier molecular flexibility index (Phi) is 4.84. The molecule has 0 unspecified atom stereocenters. The lowest BCUT2D eigenvalue weighted by Gasteiger charge is -2.21. The topological polar surface area (TPSA) is 42.0 Å². The van der Waals surface area contributed by atoms with Gasteiger partial charge >= 0.3 is 0 Å². The summed E-state index contributed by atoms with van der Waals surface area (Å²) >= 11 is 11.7. The van der Waals surface area contributed by atoms with E-state index < -0.39 is 0 Å². The molecule has 5 heteroatoms. The van der Waals surface area contributed by atoms with Crippen molar-refractivity contribution in [1.82, 2.24) is 10.3 Å². The van der Waals surface area contributed by atoms with Crippen molar-refractivity contribution in [3.05, 3.63) is 28.0 Å². The molecule has 1 heterocycles. The molecule has 0 bridgehead atoms. The predicted molar refractivity (Wildman–Crippen MR) is 73.2 cm³/mol. The third-order valence-electron chi connectivity index (χ3n) is 3.30. The van der Waals surface area contributed by atoms with Crippen LogP contribution in [0.1, 0.15) is 42.6 Å². The van der Waals surface area contributed by atoms with Gasteiger partial charge in [-0.3, -0.25) is 4.79 Å². The molecule has 0 atom stereocenters. The molecule has 3 nitrogen and oxygen atoms in total. The smallest absolute Gasteiger partial charge is 0.271 e. The number of hydrogen-bond donors (Lipinski definition) is 1. The Morgan fingerprint density at radius 2 is 2.00 bits per heavy atom. The van der Waals surface area contributed by atoms with Gasteiger partial charge in [-0.25, -0.2) is 4.98 Å². The van der Waals surface area contributed by atoms with Crippen LogP contribution in [-0.4, -0.2) is 17.4 Å². The van der Waals surface area contributed by atoms with Crippen molar-refractivity contribution in [2.45, 2.75) is 32.1 Å². The lowest BCUT2D eigenvalue weighted by Crippen LogP contribution is -2.31. The van der Waals surface area contributed by atoms with Crippen molar-refractivity contribution in [3.63, 3.8) is 0 Å². The molecule has 1 aromatic rings. The van der Waals surface area contributed by atoms with Crippen molar-refractivity contribution in [3.8, 4) is 0 Å². The maximum absolute atomic E-state index is 11.9. The number of pyridine rings is 1. The third kappa shape index (κ3) is 3.59. The number of aromatic nitrogens is 1. The van der Waals surface area contributed by atoms with Crippen LogP contribution >= 0.6 is 23.2 Å². The van der Waals surface area contributed by atoms with E-state index in [2.05, 4.69) is 10.3 Å². The Morgan fingerprint density at radius 3 is 2.72 bits per heavy atom. The molecule has 1 aromatic heterocycles. The fraction of sp³-hybridized carbons (Fsp3) is 0.538. The fourth-order valence-corrected chi connectivity index (χ4v) is 2.63. The van der Waals surface area contributed by atoms with Crippen molar-refractivity contribution >= 4 is 29.1 Å². The van der Waals surface area contributed by atoms with Crippen molar-refractivity contribution in [2.24, 2.45) is 5.92 Å². The van der Waals surface area contributed by atoms with Gasteiger partial charge in [0.25, 0.3) is 5.91 Å². The molecule has 1 saturated carbocycles. The van der Waals surface area contributed by atoms with E-state index >= 15 is 0 Å². The minimum absolute atomic E-state index is 0.208. The van der Waals surface area contributed by atoms with E-state index in [1.807, 2.05) is 0 Å². The number of rotatable bonds is 3. The van der Waals surface area contributed by atoms with Crippen LogP contribution in [-0.2, 0) is 0 Å². The van der Waals surface area contributed by atoms with Gasteiger partial charge in [-0.15, -0.1) is 0 Å². The van der Waals surface area contributed by atoms with E-state index in [0.717, 1.165) is 0 Å². The monoisotopic (exact) mass is 286 g/mol. The SMILES string of the molecule is O=C(NCC1CCCCC1)c1nc(Cl)ccc1Cl. The summed E-state index contributed by atoms with van der Waals surface area (Å²) in [5, 5.41) is 3.51. The molecule has 1 aliphatic rings. The average molecular weight is 287 g/mol. The first-order chi connectivity index (χ1) is 8.66. The van der Waals surface area contributed by atoms with Crippen LogP contribution < -0.4 is 5.32 Å². The zero-order valence-electron chi connectivity index (χ0n) is 10.1. The van der Waals surface area contributed by atoms with E-state index in [1.165, 1.54) is 32.1 Å². The Balaban J connectivity index is 1.92. The maximum Gasteiger partial charge on any atom is 0.271 e. The molecule has 18 heavy (non-hydrogen) atoms. The lowest BCUT2D eigenvalue weighted by molar-refractivity contribution is 0.0939. The third-order valence-corrected chi connectivity index (χ3v) is 3.82. The Labute approximate surface area is 117 Å². The van der Waals surface area contributed by atoms with Crippen LogP contribution in [0.3, 0.4) is 0 Å². The summed E-state index contributed by atoms with van der Waals surface area (Å²) in [6.45, 7) is 0.698. The molecule has 0 spiro atoms. The molecule has 1 N–H and O–H groups in total. The predicted octanol–water partition coefficient (Wildman–Crippen LogP) is 3.70. The highest BCUT2D eigenvalue weighted by Gasteiger charge is 2.17. The molecule has 0 saturated heterocycles. The number of carbonyl (C=O) groups excluding carboxylic acids is 1. The number of carbonyl (C=O) groups is 1. The fourth-order valence-electron chi connectivity index (χ4n) is 2.29. The second-order valence-corrected chi connectivity index (χ2v) is 5.47. The average Bonchev–Trinajstić information content (AvgIpc) is 2.40. The molecular weight excluding hydrogens is 271 g/mol. The second-order valence-electron chi connectivity index (χ2n) is 4.68. The van der Waals surface area contributed by atoms with Gasteiger partial charge in [-0.05, 0) is 30.9 Å². The van der Waals surface area contributed by atoms with Gasteiger partial charge in [0, 0.05) is 6.54 Å². The van der Waals surface area contributed by atoms with Gasteiger partial charge in [0.2, 0.25) is 0 Å². The molecule has 98 valence electrons. The van der Waals surface area contributed by atoms with Gasteiger partial charge in [-0.1, -0.05) is 42.5 Å². The standard InChI is InChI=1S/C13H16Cl2N2O/c14-10-6-7-11(15)17-12(10)13(18)16-8-9-4-2-1-3-5-9/h6-7,9H,1-5,8H2,(H,16,18). The maximum atomic E-state index is 11.9. The Bertz CT molecular complexity index is 431. The summed E-state index contributed by atoms with van der Waals surface area (Å²) in [5.41, 5.74) is 0.208. The van der Waals surface area contributed by atoms with Crippen LogP contribution in [0.25, 0.3) is 0 Å². The summed E-state index contributed by atoms with van der Waals surface area (Å²) in [7, 11) is 0. The zero-order valence-corrected chi connectivity index (χ0v) is 11.6. The van der Waals surface area contributed by atoms with E-state index in [9.17, 15) is 4.79 Å². The molecule has 1 aliphatic carbocycles. The number of halogens is 2. The van der Waals surface area contributed by atoms with Gasteiger partial charge < -0.3 is 5.32 Å². The number of hydrogen-bond acceptors (Lipinski definition) is 2. The van der Waals surface area contributed by atoms with Crippen molar-refractivity contribution < 1.29 is 4.79 Å². The van der Waals surface area contributed by atoms with E-state index in [-0.39, 0.29) is 16.8 Å². The lowest BCUT2D eigenvalue weighted by atomic mass is 9.89. The number of nitrogens with one attached hydrogen (secondary N) is 1. The van der Waals surface area contributed by atoms with Gasteiger partial charge in [0.15, 0.2) is 0 Å². The summed E-state index contributed by atoms with van der Waals surface area (Å²) in [5.74, 6) is 0.341. The highest BCUT2D eigenvalue weighted by molar-refractivity contribution is 6.34. The van der Waals surface area contributed by atoms with E-state index in [1.54, 1.807) is 12.1 Å². The first-order valence-electron chi connectivity index (χ1n) is 6.27. The highest BCUT2D eigenvalue weighted by atomic mass is 35.5. The summed E-state index contributed by atoms with van der Waals surface area (Å²) in [4.78, 5) is 15.9. The van der Waals surface area contributed by atoms with Crippen molar-refractivity contribution in [1.29, 1.82) is 0 Å². The molecule has 0 aromatic carbocycles. The summed E-state index contributed by atoms with van der Waals surface area (Å²) < 4.78 is 0. The molecule has 0 radical (unpaired) electrons. The van der Waals surface area contributed by atoms with Gasteiger partial charge in [0.05, 0.1) is 5.02 Å². The Hall–Kier alpha value is -0.800. The largest absolute Gasteiger partial charge is 0.350 e. The van der Waals surface area contributed by atoms with Crippen LogP contribution in [0.4, 0.5) is 0 Å². The van der Waals surface area contributed by atoms with E-state index in [0.29, 0.717) is 17.5 Å². The number of nitrogens with zero attached hydrogens (tertiary/aromatic N) is 1. The van der Waals surface area contributed by atoms with Crippen LogP contribution in [0.15, 0.2) is 12.1 Å². The Morgan fingerprint density at radius 1 is 1.28 bits per heavy atom. The summed E-state index contributed by atoms with van der Waals surface area (Å²) in [6, 6.07) is 3.16. The highest BCUT2D eigenvalue weighted by Crippen LogP contribution is 2.23. The van der Waals surface area contributed by atoms with Crippen LogP contribution in [0.2, 0.25) is 10.2 Å². The molecular formula is C13H16Cl2N2O. The zero-order chi connectivity index (χ0) is 13.0. The summed E-state index contributed by atoms with van der Waals surface area (Å²) in [6.07, 6.45) is 6.22. The molecule has 2 rings (SSSR count). The van der Waals surface area contributed by atoms with Crippen LogP contribution in [0, 0.1) is 5.92 Å². The molecule has 1 amide bonds. The minimum atomic E-state index is -0.243. The van der Waals surface area contributed by atoms with Crippen molar-refractivity contribution in [2.75, 3.05) is 6.54 Å². The second kappa shape index (κ2) is 6.39. The van der Waals surface area contributed by atoms with Gasteiger partial charge in [0.1, 0.15) is 10.8 Å². The van der Waals surface area contributed by atoms with E-state index in [4.69, 9.17) is 23.2 Å².